The van der Waals surface area contributed by atoms with Crippen LogP contribution in [0, 0.1) is 11.8 Å². The van der Waals surface area contributed by atoms with E-state index in [0.29, 0.717) is 0 Å². The van der Waals surface area contributed by atoms with Crippen LogP contribution in [0.3, 0.4) is 0 Å². The first kappa shape index (κ1) is 12.0. The normalized spacial score (nSPS) is 9.54. The highest BCUT2D eigenvalue weighted by atomic mass is 19.3. The zero-order valence-corrected chi connectivity index (χ0v) is 7.48. The molecule has 0 fully saturated rings. The average Bonchev–Trinajstić information content (AvgIpc) is 2.08. The van der Waals surface area contributed by atoms with Crippen molar-refractivity contribution in [1.29, 1.82) is 0 Å². The SMILES string of the molecule is CC#CCC(=O)CCOCC(F)F. The van der Waals surface area contributed by atoms with Gasteiger partial charge in [-0.2, -0.15) is 0 Å². The van der Waals surface area contributed by atoms with E-state index in [0.717, 1.165) is 0 Å². The molecule has 13 heavy (non-hydrogen) atoms. The van der Waals surface area contributed by atoms with Crippen LogP contribution in [-0.2, 0) is 9.53 Å². The van der Waals surface area contributed by atoms with Gasteiger partial charge in [0.05, 0.1) is 13.0 Å². The van der Waals surface area contributed by atoms with Crippen LogP contribution in [0.2, 0.25) is 0 Å². The fourth-order valence-electron chi connectivity index (χ4n) is 0.634. The molecule has 0 spiro atoms. The van der Waals surface area contributed by atoms with Gasteiger partial charge in [0.1, 0.15) is 12.4 Å². The minimum Gasteiger partial charge on any atom is -0.375 e. The number of alkyl halides is 2. The first-order valence-corrected chi connectivity index (χ1v) is 3.94. The van der Waals surface area contributed by atoms with E-state index in [-0.39, 0.29) is 25.2 Å². The molecule has 4 heteroatoms. The number of hydrogen-bond donors (Lipinski definition) is 0. The average molecular weight is 190 g/mol. The summed E-state index contributed by atoms with van der Waals surface area (Å²) in [4.78, 5) is 10.9. The van der Waals surface area contributed by atoms with Crippen LogP contribution in [0.15, 0.2) is 0 Å². The van der Waals surface area contributed by atoms with E-state index < -0.39 is 13.0 Å². The predicted molar refractivity (Wildman–Crippen MR) is 44.5 cm³/mol. The third-order valence-electron chi connectivity index (χ3n) is 1.23. The minimum atomic E-state index is -2.47. The number of carbonyl (C=O) groups excluding carboxylic acids is 1. The summed E-state index contributed by atoms with van der Waals surface area (Å²) in [5, 5.41) is 0. The fourth-order valence-corrected chi connectivity index (χ4v) is 0.634. The lowest BCUT2D eigenvalue weighted by molar-refractivity contribution is -0.119. The second-order valence-corrected chi connectivity index (χ2v) is 2.36. The van der Waals surface area contributed by atoms with Crippen molar-refractivity contribution in [3.05, 3.63) is 0 Å². The summed E-state index contributed by atoms with van der Waals surface area (Å²) >= 11 is 0. The predicted octanol–water partition coefficient (Wildman–Crippen LogP) is 1.64. The van der Waals surface area contributed by atoms with Crippen molar-refractivity contribution in [2.45, 2.75) is 26.2 Å². The molecule has 0 N–H and O–H groups in total. The summed E-state index contributed by atoms with van der Waals surface area (Å²) in [6.07, 6.45) is -2.14. The standard InChI is InChI=1S/C9H12F2O2/c1-2-3-4-8(12)5-6-13-7-9(10)11/h9H,4-7H2,1H3. The van der Waals surface area contributed by atoms with Gasteiger partial charge < -0.3 is 4.74 Å². The van der Waals surface area contributed by atoms with Gasteiger partial charge in [0.25, 0.3) is 6.43 Å². The molecule has 2 nitrogen and oxygen atoms in total. The molecule has 0 unspecified atom stereocenters. The van der Waals surface area contributed by atoms with Gasteiger partial charge in [0, 0.05) is 6.42 Å². The highest BCUT2D eigenvalue weighted by Crippen LogP contribution is 1.95. The van der Waals surface area contributed by atoms with Gasteiger partial charge in [-0.1, -0.05) is 5.92 Å². The smallest absolute Gasteiger partial charge is 0.261 e. The van der Waals surface area contributed by atoms with Gasteiger partial charge in [-0.05, 0) is 6.92 Å². The summed E-state index contributed by atoms with van der Waals surface area (Å²) < 4.78 is 27.6. The van der Waals surface area contributed by atoms with E-state index in [2.05, 4.69) is 16.6 Å². The lowest BCUT2D eigenvalue weighted by atomic mass is 10.2. The summed E-state index contributed by atoms with van der Waals surface area (Å²) in [5.74, 6) is 5.09. The zero-order valence-electron chi connectivity index (χ0n) is 7.48. The van der Waals surface area contributed by atoms with Gasteiger partial charge in [-0.15, -0.1) is 5.92 Å². The minimum absolute atomic E-state index is 0.0502. The van der Waals surface area contributed by atoms with Gasteiger partial charge in [0.15, 0.2) is 0 Å². The first-order valence-electron chi connectivity index (χ1n) is 3.94. The molecule has 0 saturated carbocycles. The van der Waals surface area contributed by atoms with Crippen molar-refractivity contribution in [1.82, 2.24) is 0 Å². The van der Waals surface area contributed by atoms with Crippen molar-refractivity contribution in [3.63, 3.8) is 0 Å². The maximum absolute atomic E-state index is 11.5. The van der Waals surface area contributed by atoms with E-state index >= 15 is 0 Å². The third-order valence-corrected chi connectivity index (χ3v) is 1.23. The van der Waals surface area contributed by atoms with Crippen LogP contribution in [0.5, 0.6) is 0 Å². The molecular weight excluding hydrogens is 178 g/mol. The number of ether oxygens (including phenoxy) is 1. The molecule has 0 rings (SSSR count). The molecule has 0 aromatic heterocycles. The Morgan fingerprint density at radius 2 is 2.23 bits per heavy atom. The van der Waals surface area contributed by atoms with Crippen molar-refractivity contribution in [3.8, 4) is 11.8 Å². The number of carbonyl (C=O) groups is 1. The number of hydrogen-bond acceptors (Lipinski definition) is 2. The van der Waals surface area contributed by atoms with Crippen LogP contribution in [0.25, 0.3) is 0 Å². The summed E-state index contributed by atoms with van der Waals surface area (Å²) in [6.45, 7) is 1.09. The largest absolute Gasteiger partial charge is 0.375 e. The number of ketones is 1. The molecule has 0 amide bonds. The number of halogens is 2. The fraction of sp³-hybridized carbons (Fsp3) is 0.667. The molecule has 0 atom stereocenters. The molecule has 0 aromatic carbocycles. The van der Waals surface area contributed by atoms with Gasteiger partial charge in [0.2, 0.25) is 0 Å². The Kier molecular flexibility index (Phi) is 7.12. The van der Waals surface area contributed by atoms with E-state index in [4.69, 9.17) is 0 Å². The van der Waals surface area contributed by atoms with Crippen molar-refractivity contribution < 1.29 is 18.3 Å². The van der Waals surface area contributed by atoms with Gasteiger partial charge in [-0.3, -0.25) is 4.79 Å². The van der Waals surface area contributed by atoms with Gasteiger partial charge in [-0.25, -0.2) is 8.78 Å². The maximum Gasteiger partial charge on any atom is 0.261 e. The Hall–Kier alpha value is -0.950. The highest BCUT2D eigenvalue weighted by molar-refractivity contribution is 5.80. The monoisotopic (exact) mass is 190 g/mol. The lowest BCUT2D eigenvalue weighted by Gasteiger charge is -2.00. The Labute approximate surface area is 76.3 Å². The van der Waals surface area contributed by atoms with Crippen LogP contribution >= 0.6 is 0 Å². The Morgan fingerprint density at radius 3 is 2.77 bits per heavy atom. The Balaban J connectivity index is 3.30. The van der Waals surface area contributed by atoms with Crippen molar-refractivity contribution in [2.75, 3.05) is 13.2 Å². The second kappa shape index (κ2) is 7.69. The second-order valence-electron chi connectivity index (χ2n) is 2.36. The highest BCUT2D eigenvalue weighted by Gasteiger charge is 2.03. The lowest BCUT2D eigenvalue weighted by Crippen LogP contribution is -2.08. The van der Waals surface area contributed by atoms with E-state index in [9.17, 15) is 13.6 Å². The van der Waals surface area contributed by atoms with E-state index in [1.54, 1.807) is 6.92 Å². The molecule has 0 radical (unpaired) electrons. The Morgan fingerprint density at radius 1 is 1.54 bits per heavy atom. The summed E-state index contributed by atoms with van der Waals surface area (Å²) in [5.41, 5.74) is 0. The molecule has 0 heterocycles. The van der Waals surface area contributed by atoms with Crippen LogP contribution < -0.4 is 0 Å². The third kappa shape index (κ3) is 8.96. The molecule has 0 aliphatic carbocycles. The van der Waals surface area contributed by atoms with Crippen molar-refractivity contribution in [2.24, 2.45) is 0 Å². The van der Waals surface area contributed by atoms with E-state index in [1.165, 1.54) is 0 Å². The summed E-state index contributed by atoms with van der Waals surface area (Å²) in [6, 6.07) is 0. The molecule has 0 aliphatic rings. The van der Waals surface area contributed by atoms with Crippen molar-refractivity contribution >= 4 is 5.78 Å². The van der Waals surface area contributed by atoms with E-state index in [1.807, 2.05) is 0 Å². The molecule has 74 valence electrons. The number of rotatable bonds is 6. The number of Topliss-reactive ketones (excluding diaryl/α,β-unsaturated/α-hetero) is 1. The van der Waals surface area contributed by atoms with Gasteiger partial charge >= 0.3 is 0 Å². The van der Waals surface area contributed by atoms with Crippen LogP contribution in [0.1, 0.15) is 19.8 Å². The topological polar surface area (TPSA) is 26.3 Å². The Bertz CT molecular complexity index is 203. The van der Waals surface area contributed by atoms with Crippen LogP contribution in [-0.4, -0.2) is 25.4 Å². The molecule has 0 aromatic rings. The summed E-state index contributed by atoms with van der Waals surface area (Å²) in [7, 11) is 0. The molecule has 0 saturated heterocycles. The van der Waals surface area contributed by atoms with Crippen LogP contribution in [0.4, 0.5) is 8.78 Å². The quantitative estimate of drug-likeness (QED) is 0.470. The molecule has 0 bridgehead atoms. The molecule has 0 aliphatic heterocycles. The zero-order chi connectivity index (χ0) is 10.1. The first-order chi connectivity index (χ1) is 6.16. The maximum atomic E-state index is 11.5. The molecular formula is C9H12F2O2.